The van der Waals surface area contributed by atoms with Gasteiger partial charge in [-0.2, -0.15) is 0 Å². The minimum atomic E-state index is -0.349. The Labute approximate surface area is 207 Å². The molecule has 2 aromatic heterocycles. The fourth-order valence-corrected chi connectivity index (χ4v) is 4.19. The number of rotatable bonds is 7. The maximum absolute atomic E-state index is 14.3. The number of nitrogens with one attached hydrogen (secondary N) is 2. The van der Waals surface area contributed by atoms with Crippen LogP contribution in [0.4, 0.5) is 21.6 Å². The summed E-state index contributed by atoms with van der Waals surface area (Å²) < 4.78 is 20.5. The summed E-state index contributed by atoms with van der Waals surface area (Å²) in [6.45, 7) is 5.30. The molecule has 8 nitrogen and oxygen atoms in total. The van der Waals surface area contributed by atoms with E-state index in [1.165, 1.54) is 18.5 Å². The van der Waals surface area contributed by atoms with E-state index >= 15 is 0 Å². The number of nitrogens with zero attached hydrogens (tertiary/aromatic N) is 4. The van der Waals surface area contributed by atoms with Crippen LogP contribution in [0.3, 0.4) is 0 Å². The van der Waals surface area contributed by atoms with Gasteiger partial charge in [0, 0.05) is 42.0 Å². The van der Waals surface area contributed by atoms with E-state index in [2.05, 4.69) is 37.1 Å². The van der Waals surface area contributed by atoms with Crippen molar-refractivity contribution in [2.45, 2.75) is 12.5 Å². The van der Waals surface area contributed by atoms with Crippen LogP contribution < -0.4 is 15.4 Å². The third-order valence-electron chi connectivity index (χ3n) is 5.99. The summed E-state index contributed by atoms with van der Waals surface area (Å²) in [5.74, 6) is 0.358. The number of halogens is 1. The normalized spacial score (nSPS) is 15.6. The molecule has 1 aliphatic rings. The highest BCUT2D eigenvalue weighted by Gasteiger charge is 2.23. The Morgan fingerprint density at radius 1 is 1.19 bits per heavy atom. The standard InChI is InChI=1S/C27H25FN6O2/c1-3-26(35)33-24-13-20-23(14-25(24)36-18-9-11-34(2)15-18)30-16-31-27(20)32-17-8-10-29-22(12-17)19-6-4-5-7-21(19)28/h3-8,10,12-14,16,18H,1,9,11,15H2,2H3,(H,33,35)(H,29,30,31,32)/t18-/m1/s1. The van der Waals surface area contributed by atoms with Crippen molar-refractivity contribution in [2.75, 3.05) is 30.8 Å². The molecule has 0 radical (unpaired) electrons. The van der Waals surface area contributed by atoms with Crippen LogP contribution in [0.25, 0.3) is 22.2 Å². The number of fused-ring (bicyclic) bond motifs is 1. The Bertz CT molecular complexity index is 1440. The summed E-state index contributed by atoms with van der Waals surface area (Å²) in [6, 6.07) is 13.6. The van der Waals surface area contributed by atoms with Gasteiger partial charge in [-0.25, -0.2) is 14.4 Å². The maximum atomic E-state index is 14.3. The fourth-order valence-electron chi connectivity index (χ4n) is 4.19. The summed E-state index contributed by atoms with van der Waals surface area (Å²) in [7, 11) is 2.05. The van der Waals surface area contributed by atoms with Crippen molar-refractivity contribution in [2.24, 2.45) is 0 Å². The van der Waals surface area contributed by atoms with Crippen molar-refractivity contribution in [3.8, 4) is 17.0 Å². The molecule has 36 heavy (non-hydrogen) atoms. The molecule has 1 aliphatic heterocycles. The highest BCUT2D eigenvalue weighted by Crippen LogP contribution is 2.35. The van der Waals surface area contributed by atoms with Gasteiger partial charge < -0.3 is 20.3 Å². The monoisotopic (exact) mass is 484 g/mol. The van der Waals surface area contributed by atoms with Crippen LogP contribution in [0.1, 0.15) is 6.42 Å². The molecule has 0 spiro atoms. The number of carbonyl (C=O) groups is 1. The number of likely N-dealkylation sites (tertiary alicyclic amines) is 1. The van der Waals surface area contributed by atoms with Gasteiger partial charge in [0.1, 0.15) is 29.8 Å². The van der Waals surface area contributed by atoms with Crippen LogP contribution in [0.2, 0.25) is 0 Å². The van der Waals surface area contributed by atoms with Crippen molar-refractivity contribution in [1.82, 2.24) is 19.9 Å². The summed E-state index contributed by atoms with van der Waals surface area (Å²) in [4.78, 5) is 27.5. The van der Waals surface area contributed by atoms with Gasteiger partial charge in [-0.3, -0.25) is 9.78 Å². The van der Waals surface area contributed by atoms with Gasteiger partial charge in [-0.1, -0.05) is 18.7 Å². The molecule has 1 fully saturated rings. The maximum Gasteiger partial charge on any atom is 0.247 e. The van der Waals surface area contributed by atoms with Crippen LogP contribution in [-0.2, 0) is 4.79 Å². The molecule has 0 bridgehead atoms. The number of anilines is 3. The zero-order valence-electron chi connectivity index (χ0n) is 19.7. The third-order valence-corrected chi connectivity index (χ3v) is 5.99. The second-order valence-electron chi connectivity index (χ2n) is 8.61. The Hall–Kier alpha value is -4.37. The molecule has 0 aliphatic carbocycles. The SMILES string of the molecule is C=CC(=O)Nc1cc2c(Nc3ccnc(-c4ccccc4F)c3)ncnc2cc1O[C@@H]1CCN(C)C1. The zero-order chi connectivity index (χ0) is 25.1. The first-order chi connectivity index (χ1) is 17.5. The lowest BCUT2D eigenvalue weighted by molar-refractivity contribution is -0.111. The Morgan fingerprint density at radius 3 is 2.83 bits per heavy atom. The van der Waals surface area contributed by atoms with Gasteiger partial charge in [0.05, 0.1) is 16.9 Å². The summed E-state index contributed by atoms with van der Waals surface area (Å²) in [6.07, 6.45) is 5.18. The van der Waals surface area contributed by atoms with Crippen LogP contribution in [0.15, 0.2) is 73.7 Å². The molecular weight excluding hydrogens is 459 g/mol. The van der Waals surface area contributed by atoms with Gasteiger partial charge in [0.15, 0.2) is 0 Å². The molecule has 0 saturated carbocycles. The molecular formula is C27H25FN6O2. The molecule has 1 amide bonds. The second kappa shape index (κ2) is 10.1. The van der Waals surface area contributed by atoms with Gasteiger partial charge in [-0.05, 0) is 49.9 Å². The van der Waals surface area contributed by atoms with E-state index in [4.69, 9.17) is 4.74 Å². The van der Waals surface area contributed by atoms with E-state index in [9.17, 15) is 9.18 Å². The van der Waals surface area contributed by atoms with E-state index in [0.717, 1.165) is 19.5 Å². The average molecular weight is 485 g/mol. The van der Waals surface area contributed by atoms with Crippen LogP contribution in [0, 0.1) is 5.82 Å². The lowest BCUT2D eigenvalue weighted by Gasteiger charge is -2.18. The van der Waals surface area contributed by atoms with Gasteiger partial charge >= 0.3 is 0 Å². The number of likely N-dealkylation sites (N-methyl/N-ethyl adjacent to an activating group) is 1. The highest BCUT2D eigenvalue weighted by molar-refractivity contribution is 6.03. The number of pyridine rings is 1. The molecule has 9 heteroatoms. The number of aromatic nitrogens is 3. The summed E-state index contributed by atoms with van der Waals surface area (Å²) in [5.41, 5.74) is 2.72. The number of hydrogen-bond donors (Lipinski definition) is 2. The zero-order valence-corrected chi connectivity index (χ0v) is 19.7. The smallest absolute Gasteiger partial charge is 0.247 e. The molecule has 4 aromatic rings. The van der Waals surface area contributed by atoms with Gasteiger partial charge in [0.25, 0.3) is 0 Å². The van der Waals surface area contributed by atoms with E-state index in [1.807, 2.05) is 7.05 Å². The first-order valence-electron chi connectivity index (χ1n) is 11.6. The topological polar surface area (TPSA) is 92.3 Å². The summed E-state index contributed by atoms with van der Waals surface area (Å²) in [5, 5.41) is 6.79. The lowest BCUT2D eigenvalue weighted by atomic mass is 10.1. The van der Waals surface area contributed by atoms with Gasteiger partial charge in [-0.15, -0.1) is 0 Å². The fraction of sp³-hybridized carbons (Fsp3) is 0.185. The van der Waals surface area contributed by atoms with Crippen LogP contribution in [-0.4, -0.2) is 52.0 Å². The van der Waals surface area contributed by atoms with E-state index < -0.39 is 0 Å². The van der Waals surface area contributed by atoms with Gasteiger partial charge in [0.2, 0.25) is 5.91 Å². The molecule has 182 valence electrons. The van der Waals surface area contributed by atoms with E-state index in [1.54, 1.807) is 48.7 Å². The molecule has 2 N–H and O–H groups in total. The molecule has 5 rings (SSSR count). The second-order valence-corrected chi connectivity index (χ2v) is 8.61. The predicted octanol–water partition coefficient (Wildman–Crippen LogP) is 4.78. The Morgan fingerprint density at radius 2 is 2.06 bits per heavy atom. The number of carbonyl (C=O) groups excluding carboxylic acids is 1. The third kappa shape index (κ3) is 5.01. The minimum absolute atomic E-state index is 0.0138. The first kappa shape index (κ1) is 23.4. The van der Waals surface area contributed by atoms with Crippen LogP contribution >= 0.6 is 0 Å². The largest absolute Gasteiger partial charge is 0.487 e. The van der Waals surface area contributed by atoms with Crippen molar-refractivity contribution < 1.29 is 13.9 Å². The Balaban J connectivity index is 1.51. The first-order valence-corrected chi connectivity index (χ1v) is 11.6. The lowest BCUT2D eigenvalue weighted by Crippen LogP contribution is -2.22. The van der Waals surface area contributed by atoms with E-state index in [0.29, 0.717) is 45.1 Å². The molecule has 1 atom stereocenters. The van der Waals surface area contributed by atoms with Crippen LogP contribution in [0.5, 0.6) is 5.75 Å². The number of hydrogen-bond acceptors (Lipinski definition) is 7. The number of ether oxygens (including phenoxy) is 1. The Kier molecular flexibility index (Phi) is 6.55. The molecule has 1 saturated heterocycles. The quantitative estimate of drug-likeness (QED) is 0.365. The number of amides is 1. The number of benzene rings is 2. The van der Waals surface area contributed by atoms with Crippen molar-refractivity contribution >= 4 is 34.0 Å². The van der Waals surface area contributed by atoms with Crippen molar-refractivity contribution in [3.05, 3.63) is 79.5 Å². The molecule has 0 unspecified atom stereocenters. The van der Waals surface area contributed by atoms with Crippen molar-refractivity contribution in [3.63, 3.8) is 0 Å². The molecule has 2 aromatic carbocycles. The minimum Gasteiger partial charge on any atom is -0.487 e. The predicted molar refractivity (Wildman–Crippen MR) is 138 cm³/mol. The van der Waals surface area contributed by atoms with E-state index in [-0.39, 0.29) is 17.8 Å². The summed E-state index contributed by atoms with van der Waals surface area (Å²) >= 11 is 0. The molecule has 3 heterocycles. The highest BCUT2D eigenvalue weighted by atomic mass is 19.1. The average Bonchev–Trinajstić information content (AvgIpc) is 3.29. The van der Waals surface area contributed by atoms with Crippen molar-refractivity contribution in [1.29, 1.82) is 0 Å².